The molecule has 21 heavy (non-hydrogen) atoms. The summed E-state index contributed by atoms with van der Waals surface area (Å²) in [5.41, 5.74) is 0.108. The lowest BCUT2D eigenvalue weighted by Gasteiger charge is -2.39. The highest BCUT2D eigenvalue weighted by atomic mass is 35.5. The fourth-order valence-electron chi connectivity index (χ4n) is 2.39. The van der Waals surface area contributed by atoms with Gasteiger partial charge in [0.05, 0.1) is 6.54 Å². The second-order valence-corrected chi connectivity index (χ2v) is 6.29. The Morgan fingerprint density at radius 3 is 2.67 bits per heavy atom. The molecule has 2 rings (SSSR count). The molecule has 2 amide bonds. The van der Waals surface area contributed by atoms with Crippen LogP contribution < -0.4 is 5.32 Å². The molecule has 1 fully saturated rings. The van der Waals surface area contributed by atoms with E-state index in [1.807, 2.05) is 13.0 Å². The number of nitrogens with one attached hydrogen (secondary N) is 1. The zero-order chi connectivity index (χ0) is 15.6. The highest BCUT2D eigenvalue weighted by molar-refractivity contribution is 6.35. The van der Waals surface area contributed by atoms with Crippen LogP contribution in [0.2, 0.25) is 10.0 Å². The number of rotatable bonds is 4. The van der Waals surface area contributed by atoms with Crippen LogP contribution in [0.3, 0.4) is 0 Å². The van der Waals surface area contributed by atoms with E-state index in [1.54, 1.807) is 24.0 Å². The SMILES string of the molecule is CCC1(C)NC(=O)CN(CCc2ccc(Cl)cc2Cl)C1=O. The molecule has 1 saturated heterocycles. The zero-order valence-electron chi connectivity index (χ0n) is 12.1. The Hall–Kier alpha value is -1.26. The molecule has 1 aromatic carbocycles. The number of amides is 2. The summed E-state index contributed by atoms with van der Waals surface area (Å²) in [5.74, 6) is -0.171. The van der Waals surface area contributed by atoms with Gasteiger partial charge in [0.25, 0.3) is 0 Å². The van der Waals surface area contributed by atoms with E-state index in [0.717, 1.165) is 5.56 Å². The zero-order valence-corrected chi connectivity index (χ0v) is 13.6. The van der Waals surface area contributed by atoms with Crippen LogP contribution in [0.5, 0.6) is 0 Å². The smallest absolute Gasteiger partial charge is 0.248 e. The van der Waals surface area contributed by atoms with Crippen LogP contribution in [-0.2, 0) is 16.0 Å². The summed E-state index contributed by atoms with van der Waals surface area (Å²) in [6.45, 7) is 4.20. The number of halogens is 2. The second kappa shape index (κ2) is 6.24. The van der Waals surface area contributed by atoms with Crippen molar-refractivity contribution in [3.8, 4) is 0 Å². The summed E-state index contributed by atoms with van der Waals surface area (Å²) in [5, 5.41) is 3.92. The monoisotopic (exact) mass is 328 g/mol. The summed E-state index contributed by atoms with van der Waals surface area (Å²) in [4.78, 5) is 25.8. The lowest BCUT2D eigenvalue weighted by molar-refractivity contribution is -0.149. The number of piperazine rings is 1. The maximum absolute atomic E-state index is 12.4. The van der Waals surface area contributed by atoms with Crippen LogP contribution in [0.1, 0.15) is 25.8 Å². The van der Waals surface area contributed by atoms with Gasteiger partial charge in [-0.1, -0.05) is 36.2 Å². The summed E-state index contributed by atoms with van der Waals surface area (Å²) < 4.78 is 0. The lowest BCUT2D eigenvalue weighted by atomic mass is 9.94. The first-order chi connectivity index (χ1) is 9.85. The van der Waals surface area contributed by atoms with E-state index >= 15 is 0 Å². The van der Waals surface area contributed by atoms with Gasteiger partial charge in [-0.15, -0.1) is 0 Å². The van der Waals surface area contributed by atoms with Gasteiger partial charge >= 0.3 is 0 Å². The third kappa shape index (κ3) is 3.50. The van der Waals surface area contributed by atoms with Gasteiger partial charge in [0.1, 0.15) is 5.54 Å². The number of nitrogens with zero attached hydrogens (tertiary/aromatic N) is 1. The van der Waals surface area contributed by atoms with Crippen molar-refractivity contribution in [2.75, 3.05) is 13.1 Å². The highest BCUT2D eigenvalue weighted by Gasteiger charge is 2.41. The van der Waals surface area contributed by atoms with Crippen LogP contribution in [-0.4, -0.2) is 35.3 Å². The van der Waals surface area contributed by atoms with Crippen molar-refractivity contribution in [3.63, 3.8) is 0 Å². The standard InChI is InChI=1S/C15H18Cl2N2O2/c1-3-15(2)14(21)19(9-13(20)18-15)7-6-10-4-5-11(16)8-12(10)17/h4-5,8H,3,6-7,9H2,1-2H3,(H,18,20). The second-order valence-electron chi connectivity index (χ2n) is 5.45. The maximum Gasteiger partial charge on any atom is 0.248 e. The van der Waals surface area contributed by atoms with Crippen LogP contribution in [0, 0.1) is 0 Å². The van der Waals surface area contributed by atoms with E-state index in [0.29, 0.717) is 29.4 Å². The van der Waals surface area contributed by atoms with E-state index in [2.05, 4.69) is 5.32 Å². The van der Waals surface area contributed by atoms with Gasteiger partial charge in [0.15, 0.2) is 0 Å². The summed E-state index contributed by atoms with van der Waals surface area (Å²) >= 11 is 12.0. The third-order valence-electron chi connectivity index (χ3n) is 3.88. The Balaban J connectivity index is 2.08. The van der Waals surface area contributed by atoms with Crippen molar-refractivity contribution in [2.24, 2.45) is 0 Å². The van der Waals surface area contributed by atoms with E-state index < -0.39 is 5.54 Å². The minimum Gasteiger partial charge on any atom is -0.340 e. The molecule has 0 saturated carbocycles. The third-order valence-corrected chi connectivity index (χ3v) is 4.47. The van der Waals surface area contributed by atoms with Crippen LogP contribution in [0.4, 0.5) is 0 Å². The van der Waals surface area contributed by atoms with Crippen molar-refractivity contribution in [1.29, 1.82) is 0 Å². The normalized spacial score (nSPS) is 22.4. The molecule has 1 aliphatic rings. The molecule has 1 aliphatic heterocycles. The molecule has 1 heterocycles. The number of hydrogen-bond donors (Lipinski definition) is 1. The van der Waals surface area contributed by atoms with Gasteiger partial charge in [-0.25, -0.2) is 0 Å². The van der Waals surface area contributed by atoms with Crippen molar-refractivity contribution < 1.29 is 9.59 Å². The van der Waals surface area contributed by atoms with Gasteiger partial charge in [-0.05, 0) is 37.5 Å². The Labute approximate surface area is 134 Å². The summed E-state index contributed by atoms with van der Waals surface area (Å²) in [6.07, 6.45) is 1.16. The molecule has 0 aromatic heterocycles. The molecule has 6 heteroatoms. The summed E-state index contributed by atoms with van der Waals surface area (Å²) in [6, 6.07) is 5.29. The minimum absolute atomic E-state index is 0.0466. The molecular formula is C15H18Cl2N2O2. The fourth-order valence-corrected chi connectivity index (χ4v) is 2.90. The van der Waals surface area contributed by atoms with E-state index in [9.17, 15) is 9.59 Å². The predicted octanol–water partition coefficient (Wildman–Crippen LogP) is 2.66. The van der Waals surface area contributed by atoms with E-state index in [1.165, 1.54) is 0 Å². The van der Waals surface area contributed by atoms with Gasteiger partial charge in [0, 0.05) is 16.6 Å². The lowest BCUT2D eigenvalue weighted by Crippen LogP contribution is -2.65. The fraction of sp³-hybridized carbons (Fsp3) is 0.467. The van der Waals surface area contributed by atoms with Crippen LogP contribution >= 0.6 is 23.2 Å². The van der Waals surface area contributed by atoms with Crippen LogP contribution in [0.25, 0.3) is 0 Å². The first-order valence-electron chi connectivity index (χ1n) is 6.90. The van der Waals surface area contributed by atoms with Crippen LogP contribution in [0.15, 0.2) is 18.2 Å². The molecule has 0 aliphatic carbocycles. The quantitative estimate of drug-likeness (QED) is 0.923. The average molecular weight is 329 g/mol. The topological polar surface area (TPSA) is 49.4 Å². The van der Waals surface area contributed by atoms with E-state index in [4.69, 9.17) is 23.2 Å². The molecule has 4 nitrogen and oxygen atoms in total. The van der Waals surface area contributed by atoms with Crippen molar-refractivity contribution in [2.45, 2.75) is 32.2 Å². The number of carbonyl (C=O) groups excluding carboxylic acids is 2. The molecule has 1 atom stereocenters. The van der Waals surface area contributed by atoms with Gasteiger partial charge in [0.2, 0.25) is 11.8 Å². The molecule has 114 valence electrons. The molecule has 0 bridgehead atoms. The van der Waals surface area contributed by atoms with Gasteiger partial charge < -0.3 is 10.2 Å². The molecule has 0 radical (unpaired) electrons. The molecule has 1 aromatic rings. The Morgan fingerprint density at radius 1 is 1.33 bits per heavy atom. The van der Waals surface area contributed by atoms with E-state index in [-0.39, 0.29) is 18.4 Å². The first-order valence-corrected chi connectivity index (χ1v) is 7.65. The molecular weight excluding hydrogens is 311 g/mol. The minimum atomic E-state index is -0.806. The highest BCUT2D eigenvalue weighted by Crippen LogP contribution is 2.23. The van der Waals surface area contributed by atoms with Gasteiger partial charge in [-0.3, -0.25) is 9.59 Å². The maximum atomic E-state index is 12.4. The van der Waals surface area contributed by atoms with Crippen molar-refractivity contribution in [3.05, 3.63) is 33.8 Å². The molecule has 1 N–H and O–H groups in total. The van der Waals surface area contributed by atoms with Crippen molar-refractivity contribution >= 4 is 35.0 Å². The van der Waals surface area contributed by atoms with Gasteiger partial charge in [-0.2, -0.15) is 0 Å². The number of benzene rings is 1. The number of carbonyl (C=O) groups is 2. The molecule has 0 spiro atoms. The molecule has 1 unspecified atom stereocenters. The largest absolute Gasteiger partial charge is 0.340 e. The summed E-state index contributed by atoms with van der Waals surface area (Å²) in [7, 11) is 0. The average Bonchev–Trinajstić information content (AvgIpc) is 2.42. The predicted molar refractivity (Wildman–Crippen MR) is 83.6 cm³/mol. The Bertz CT molecular complexity index is 577. The first kappa shape index (κ1) is 16.1. The Kier molecular flexibility index (Phi) is 4.79. The number of hydrogen-bond acceptors (Lipinski definition) is 2. The Morgan fingerprint density at radius 2 is 2.05 bits per heavy atom. The van der Waals surface area contributed by atoms with Crippen molar-refractivity contribution in [1.82, 2.24) is 10.2 Å².